The molecular weight excluding hydrogens is 690 g/mol. The van der Waals surface area contributed by atoms with Gasteiger partial charge in [0, 0.05) is 28.0 Å². The molecule has 0 heterocycles. The largest absolute Gasteiger partial charge is 0.495 e. The Morgan fingerprint density at radius 1 is 0.891 bits per heavy atom. The minimum absolute atomic E-state index is 0.0188. The van der Waals surface area contributed by atoms with Crippen molar-refractivity contribution in [3.05, 3.63) is 124 Å². The molecule has 8 nitrogen and oxygen atoms in total. The summed E-state index contributed by atoms with van der Waals surface area (Å²) in [7, 11) is -2.90. The quantitative estimate of drug-likeness (QED) is 0.172. The highest BCUT2D eigenvalue weighted by Gasteiger charge is 2.36. The van der Waals surface area contributed by atoms with Crippen molar-refractivity contribution in [2.24, 2.45) is 0 Å². The topological polar surface area (TPSA) is 96.0 Å². The number of benzene rings is 4. The van der Waals surface area contributed by atoms with Crippen molar-refractivity contribution >= 4 is 55.1 Å². The minimum Gasteiger partial charge on any atom is -0.495 e. The molecule has 1 unspecified atom stereocenters. The van der Waals surface area contributed by atoms with Crippen molar-refractivity contribution in [3.63, 3.8) is 0 Å². The van der Waals surface area contributed by atoms with Gasteiger partial charge in [0.1, 0.15) is 18.3 Å². The second kappa shape index (κ2) is 15.2. The summed E-state index contributed by atoms with van der Waals surface area (Å²) in [5.41, 5.74) is 1.09. The van der Waals surface area contributed by atoms with Crippen molar-refractivity contribution in [1.29, 1.82) is 0 Å². The summed E-state index contributed by atoms with van der Waals surface area (Å²) < 4.78 is 35.8. The van der Waals surface area contributed by atoms with Crippen molar-refractivity contribution < 1.29 is 22.7 Å². The van der Waals surface area contributed by atoms with Crippen LogP contribution in [0.4, 0.5) is 5.69 Å². The van der Waals surface area contributed by atoms with Gasteiger partial charge in [-0.05, 0) is 74.4 Å². The average Bonchev–Trinajstić information content (AvgIpc) is 3.01. The SMILES string of the molecule is COc1ccc(Cl)cc1N(CC(=O)N(Cc1cccc(Br)c1)C(Cc1ccccc1)C(=O)NC(C)(C)C)S(=O)(=O)c1ccccc1. The summed E-state index contributed by atoms with van der Waals surface area (Å²) in [6.45, 7) is 5.01. The molecule has 0 bridgehead atoms. The van der Waals surface area contributed by atoms with E-state index < -0.39 is 34.1 Å². The van der Waals surface area contributed by atoms with E-state index in [2.05, 4.69) is 21.2 Å². The van der Waals surface area contributed by atoms with Gasteiger partial charge in [0.05, 0.1) is 17.7 Å². The van der Waals surface area contributed by atoms with Crippen LogP contribution in [0.1, 0.15) is 31.9 Å². The molecule has 0 spiro atoms. The predicted molar refractivity (Wildman–Crippen MR) is 185 cm³/mol. The maximum absolute atomic E-state index is 14.6. The molecule has 4 rings (SSSR count). The zero-order valence-corrected chi connectivity index (χ0v) is 29.3. The molecule has 46 heavy (non-hydrogen) atoms. The summed E-state index contributed by atoms with van der Waals surface area (Å²) in [6.07, 6.45) is 0.203. The predicted octanol–water partition coefficient (Wildman–Crippen LogP) is 6.86. The Morgan fingerprint density at radius 2 is 1.52 bits per heavy atom. The highest BCUT2D eigenvalue weighted by atomic mass is 79.9. The number of amides is 2. The maximum Gasteiger partial charge on any atom is 0.264 e. The first kappa shape index (κ1) is 35.0. The zero-order valence-electron chi connectivity index (χ0n) is 26.1. The molecule has 0 radical (unpaired) electrons. The third-order valence-corrected chi connectivity index (χ3v) is 9.53. The molecule has 0 aliphatic carbocycles. The van der Waals surface area contributed by atoms with Gasteiger partial charge in [0.15, 0.2) is 0 Å². The van der Waals surface area contributed by atoms with Gasteiger partial charge in [-0.2, -0.15) is 0 Å². The van der Waals surface area contributed by atoms with E-state index in [1.165, 1.54) is 30.2 Å². The Labute approximate surface area is 284 Å². The van der Waals surface area contributed by atoms with Crippen LogP contribution >= 0.6 is 27.5 Å². The molecule has 4 aromatic carbocycles. The molecule has 1 N–H and O–H groups in total. The normalized spacial score (nSPS) is 12.2. The Kier molecular flexibility index (Phi) is 11.5. The lowest BCUT2D eigenvalue weighted by molar-refractivity contribution is -0.140. The Morgan fingerprint density at radius 3 is 2.13 bits per heavy atom. The first-order valence-corrected chi connectivity index (χ1v) is 17.2. The van der Waals surface area contributed by atoms with E-state index in [1.54, 1.807) is 30.3 Å². The van der Waals surface area contributed by atoms with E-state index in [0.717, 1.165) is 19.9 Å². The van der Waals surface area contributed by atoms with Gasteiger partial charge in [-0.15, -0.1) is 0 Å². The van der Waals surface area contributed by atoms with Gasteiger partial charge in [-0.3, -0.25) is 13.9 Å². The van der Waals surface area contributed by atoms with Crippen LogP contribution < -0.4 is 14.4 Å². The van der Waals surface area contributed by atoms with E-state index in [4.69, 9.17) is 16.3 Å². The fraction of sp³-hybridized carbons (Fsp3) is 0.257. The fourth-order valence-electron chi connectivity index (χ4n) is 4.93. The molecule has 11 heteroatoms. The first-order valence-electron chi connectivity index (χ1n) is 14.6. The number of methoxy groups -OCH3 is 1. The summed E-state index contributed by atoms with van der Waals surface area (Å²) in [6, 6.07) is 28.2. The van der Waals surface area contributed by atoms with E-state index in [9.17, 15) is 18.0 Å². The number of ether oxygens (including phenoxy) is 1. The van der Waals surface area contributed by atoms with E-state index in [0.29, 0.717) is 0 Å². The van der Waals surface area contributed by atoms with Crippen LogP contribution in [0.3, 0.4) is 0 Å². The lowest BCUT2D eigenvalue weighted by atomic mass is 10.0. The average molecular weight is 727 g/mol. The summed E-state index contributed by atoms with van der Waals surface area (Å²) in [4.78, 5) is 30.1. The van der Waals surface area contributed by atoms with Gasteiger partial charge in [0.2, 0.25) is 11.8 Å². The molecule has 1 atom stereocenters. The van der Waals surface area contributed by atoms with Crippen LogP contribution in [-0.2, 0) is 32.6 Å². The van der Waals surface area contributed by atoms with E-state index >= 15 is 0 Å². The highest BCUT2D eigenvalue weighted by Crippen LogP contribution is 2.35. The number of hydrogen-bond donors (Lipinski definition) is 1. The summed E-state index contributed by atoms with van der Waals surface area (Å²) in [5.74, 6) is -0.745. The number of sulfonamides is 1. The van der Waals surface area contributed by atoms with Crippen molar-refractivity contribution in [1.82, 2.24) is 10.2 Å². The van der Waals surface area contributed by atoms with Gasteiger partial charge in [0.25, 0.3) is 10.0 Å². The molecule has 0 aliphatic heterocycles. The molecule has 242 valence electrons. The monoisotopic (exact) mass is 725 g/mol. The zero-order chi connectivity index (χ0) is 33.5. The van der Waals surface area contributed by atoms with Crippen LogP contribution in [0.2, 0.25) is 5.02 Å². The van der Waals surface area contributed by atoms with Crippen LogP contribution in [0.25, 0.3) is 0 Å². The molecule has 0 saturated carbocycles. The van der Waals surface area contributed by atoms with Gasteiger partial charge >= 0.3 is 0 Å². The minimum atomic E-state index is -4.31. The first-order chi connectivity index (χ1) is 21.8. The molecule has 0 aromatic heterocycles. The summed E-state index contributed by atoms with van der Waals surface area (Å²) in [5, 5.41) is 3.29. The molecule has 2 amide bonds. The van der Waals surface area contributed by atoms with Crippen LogP contribution in [-0.4, -0.2) is 50.4 Å². The number of hydrogen-bond acceptors (Lipinski definition) is 5. The summed E-state index contributed by atoms with van der Waals surface area (Å²) >= 11 is 9.85. The Balaban J connectivity index is 1.86. The molecule has 4 aromatic rings. The van der Waals surface area contributed by atoms with E-state index in [-0.39, 0.29) is 40.2 Å². The number of nitrogens with one attached hydrogen (secondary N) is 1. The third-order valence-electron chi connectivity index (χ3n) is 7.03. The lowest BCUT2D eigenvalue weighted by Crippen LogP contribution is -2.56. The number of halogens is 2. The number of carbonyl (C=O) groups excluding carboxylic acids is 2. The Bertz CT molecular complexity index is 1770. The molecular formula is C35H37BrClN3O5S. The molecule has 0 fully saturated rings. The fourth-order valence-corrected chi connectivity index (χ4v) is 6.98. The smallest absolute Gasteiger partial charge is 0.264 e. The lowest BCUT2D eigenvalue weighted by Gasteiger charge is -2.35. The van der Waals surface area contributed by atoms with Gasteiger partial charge in [-0.25, -0.2) is 8.42 Å². The number of carbonyl (C=O) groups is 2. The highest BCUT2D eigenvalue weighted by molar-refractivity contribution is 9.10. The van der Waals surface area contributed by atoms with Crippen molar-refractivity contribution in [2.45, 2.75) is 50.2 Å². The second-order valence-corrected chi connectivity index (χ2v) is 15.0. The maximum atomic E-state index is 14.6. The second-order valence-electron chi connectivity index (χ2n) is 11.7. The van der Waals surface area contributed by atoms with Crippen molar-refractivity contribution in [3.8, 4) is 5.75 Å². The third kappa shape index (κ3) is 9.11. The van der Waals surface area contributed by atoms with Gasteiger partial charge in [-0.1, -0.05) is 88.2 Å². The number of nitrogens with zero attached hydrogens (tertiary/aromatic N) is 2. The van der Waals surface area contributed by atoms with Crippen LogP contribution in [0, 0.1) is 0 Å². The van der Waals surface area contributed by atoms with Gasteiger partial charge < -0.3 is 15.0 Å². The van der Waals surface area contributed by atoms with E-state index in [1.807, 2.05) is 75.4 Å². The Hall–Kier alpha value is -3.86. The number of anilines is 1. The molecule has 0 aliphatic rings. The number of rotatable bonds is 12. The molecule has 0 saturated heterocycles. The van der Waals surface area contributed by atoms with Crippen molar-refractivity contribution in [2.75, 3.05) is 18.0 Å². The van der Waals surface area contributed by atoms with Crippen LogP contribution in [0.5, 0.6) is 5.75 Å². The van der Waals surface area contributed by atoms with Crippen LogP contribution in [0.15, 0.2) is 112 Å². The standard InChI is InChI=1S/C35H37BrClN3O5S/c1-35(2,3)38-34(42)31(21-25-12-7-5-8-13-25)39(23-26-14-11-15-27(36)20-26)33(41)24-40(30-22-28(37)18-19-32(30)45-4)46(43,44)29-16-9-6-10-17-29/h5-20,22,31H,21,23-24H2,1-4H3,(H,38,42).